The third-order valence-corrected chi connectivity index (χ3v) is 8.00. The highest BCUT2D eigenvalue weighted by Gasteiger charge is 2.39. The van der Waals surface area contributed by atoms with Crippen LogP contribution in [-0.2, 0) is 14.8 Å². The van der Waals surface area contributed by atoms with Gasteiger partial charge in [0.25, 0.3) is 0 Å². The number of fused-ring (bicyclic) bond motifs is 1. The van der Waals surface area contributed by atoms with Gasteiger partial charge in [0, 0.05) is 17.6 Å². The number of ether oxygens (including phenoxy) is 1. The number of sulfonamides is 1. The van der Waals surface area contributed by atoms with Crippen LogP contribution in [0, 0.1) is 12.7 Å². The second-order valence-electron chi connectivity index (χ2n) is 8.91. The average Bonchev–Trinajstić information content (AvgIpc) is 3.44. The Bertz CT molecular complexity index is 1410. The first-order valence-corrected chi connectivity index (χ1v) is 12.8. The molecule has 12 heteroatoms. The van der Waals surface area contributed by atoms with E-state index in [4.69, 9.17) is 4.74 Å². The summed E-state index contributed by atoms with van der Waals surface area (Å²) in [5.41, 5.74) is 1.65. The summed E-state index contributed by atoms with van der Waals surface area (Å²) in [6.45, 7) is 2.31. The molecular formula is C24H25F4N3O4S. The van der Waals surface area contributed by atoms with Crippen LogP contribution in [-0.4, -0.2) is 43.3 Å². The first-order valence-electron chi connectivity index (χ1n) is 11.3. The third kappa shape index (κ3) is 4.71. The summed E-state index contributed by atoms with van der Waals surface area (Å²) in [4.78, 5) is 16.6. The van der Waals surface area contributed by atoms with Gasteiger partial charge in [-0.15, -0.1) is 0 Å². The summed E-state index contributed by atoms with van der Waals surface area (Å²) in [6.07, 6.45) is -0.259. The maximum Gasteiger partial charge on any atom is 0.404 e. The van der Waals surface area contributed by atoms with Crippen LogP contribution in [0.1, 0.15) is 54.6 Å². The number of rotatable bonds is 6. The van der Waals surface area contributed by atoms with Gasteiger partial charge in [0.1, 0.15) is 16.8 Å². The van der Waals surface area contributed by atoms with Gasteiger partial charge in [0.2, 0.25) is 10.0 Å². The Labute approximate surface area is 205 Å². The van der Waals surface area contributed by atoms with Crippen LogP contribution >= 0.6 is 0 Å². The SMILES string of the molecule is COC(=O)c1c(-c2ccc(S(=O)(=O)NC(C)C(F)(F)F)cn2)n(C2CCCC2)c2cc(C)c(F)cc12. The number of alkyl halides is 3. The maximum absolute atomic E-state index is 14.6. The summed E-state index contributed by atoms with van der Waals surface area (Å²) in [7, 11) is -3.31. The van der Waals surface area contributed by atoms with Gasteiger partial charge in [-0.2, -0.15) is 17.9 Å². The molecule has 2 heterocycles. The number of methoxy groups -OCH3 is 1. The van der Waals surface area contributed by atoms with Gasteiger partial charge in [-0.3, -0.25) is 4.98 Å². The van der Waals surface area contributed by atoms with Crippen molar-refractivity contribution in [1.29, 1.82) is 0 Å². The second kappa shape index (κ2) is 9.47. The van der Waals surface area contributed by atoms with Gasteiger partial charge in [-0.25, -0.2) is 17.6 Å². The molecule has 1 unspecified atom stereocenters. The smallest absolute Gasteiger partial charge is 0.404 e. The van der Waals surface area contributed by atoms with Crippen molar-refractivity contribution in [2.45, 2.75) is 62.7 Å². The second-order valence-corrected chi connectivity index (χ2v) is 10.6. The fourth-order valence-electron chi connectivity index (χ4n) is 4.58. The lowest BCUT2D eigenvalue weighted by Gasteiger charge is -2.19. The Kier molecular flexibility index (Phi) is 6.86. The van der Waals surface area contributed by atoms with E-state index in [1.165, 1.54) is 19.2 Å². The molecule has 7 nitrogen and oxygen atoms in total. The first-order chi connectivity index (χ1) is 16.8. The highest BCUT2D eigenvalue weighted by molar-refractivity contribution is 7.89. The summed E-state index contributed by atoms with van der Waals surface area (Å²) >= 11 is 0. The van der Waals surface area contributed by atoms with E-state index in [2.05, 4.69) is 4.98 Å². The Morgan fingerprint density at radius 2 is 1.89 bits per heavy atom. The molecule has 0 radical (unpaired) electrons. The standard InChI is InChI=1S/C24H25F4N3O4S/c1-13-10-20-17(11-18(13)25)21(23(32)35-3)22(31(20)15-6-4-5-7-15)19-9-8-16(12-29-19)36(33,34)30-14(2)24(26,27)28/h8-12,14-15,30H,4-7H2,1-3H3. The number of aromatic nitrogens is 2. The zero-order valence-electron chi connectivity index (χ0n) is 19.8. The molecule has 0 bridgehead atoms. The molecule has 194 valence electrons. The summed E-state index contributed by atoms with van der Waals surface area (Å²) in [5.74, 6) is -1.21. The van der Waals surface area contributed by atoms with E-state index in [9.17, 15) is 30.8 Å². The minimum atomic E-state index is -4.76. The van der Waals surface area contributed by atoms with E-state index < -0.39 is 38.9 Å². The van der Waals surface area contributed by atoms with Crippen molar-refractivity contribution in [3.05, 3.63) is 47.4 Å². The number of benzene rings is 1. The van der Waals surface area contributed by atoms with Crippen LogP contribution in [0.25, 0.3) is 22.3 Å². The van der Waals surface area contributed by atoms with E-state index in [0.29, 0.717) is 29.1 Å². The third-order valence-electron chi connectivity index (χ3n) is 6.48. The van der Waals surface area contributed by atoms with E-state index in [1.54, 1.807) is 17.7 Å². The number of pyridine rings is 1. The molecule has 0 amide bonds. The van der Waals surface area contributed by atoms with E-state index in [0.717, 1.165) is 37.9 Å². The Balaban J connectivity index is 1.89. The summed E-state index contributed by atoms with van der Waals surface area (Å²) in [5, 5.41) is 0.339. The molecule has 1 fully saturated rings. The zero-order chi connectivity index (χ0) is 26.4. The molecule has 3 aromatic rings. The van der Waals surface area contributed by atoms with Crippen molar-refractivity contribution in [1.82, 2.24) is 14.3 Å². The number of hydrogen-bond donors (Lipinski definition) is 1. The molecule has 1 aliphatic rings. The van der Waals surface area contributed by atoms with E-state index >= 15 is 0 Å². The molecule has 0 spiro atoms. The van der Waals surface area contributed by atoms with E-state index in [-0.39, 0.29) is 17.3 Å². The lowest BCUT2D eigenvalue weighted by atomic mass is 10.1. The molecule has 1 aliphatic carbocycles. The molecular weight excluding hydrogens is 502 g/mol. The van der Waals surface area contributed by atoms with Crippen molar-refractivity contribution in [3.63, 3.8) is 0 Å². The van der Waals surface area contributed by atoms with E-state index in [1.807, 2.05) is 4.57 Å². The van der Waals surface area contributed by atoms with Crippen LogP contribution in [0.15, 0.2) is 35.4 Å². The number of nitrogens with one attached hydrogen (secondary N) is 1. The topological polar surface area (TPSA) is 90.3 Å². The minimum Gasteiger partial charge on any atom is -0.465 e. The van der Waals surface area contributed by atoms with Crippen molar-refractivity contribution in [3.8, 4) is 11.4 Å². The lowest BCUT2D eigenvalue weighted by Crippen LogP contribution is -2.42. The van der Waals surface area contributed by atoms with Gasteiger partial charge in [0.05, 0.1) is 29.6 Å². The Morgan fingerprint density at radius 3 is 2.44 bits per heavy atom. The van der Waals surface area contributed by atoms with Crippen molar-refractivity contribution in [2.75, 3.05) is 7.11 Å². The quantitative estimate of drug-likeness (QED) is 0.348. The van der Waals surface area contributed by atoms with Crippen LogP contribution in [0.2, 0.25) is 0 Å². The molecule has 0 aliphatic heterocycles. The van der Waals surface area contributed by atoms with Crippen molar-refractivity contribution >= 4 is 26.9 Å². The number of carbonyl (C=O) groups is 1. The summed E-state index contributed by atoms with van der Waals surface area (Å²) < 4.78 is 86.6. The highest BCUT2D eigenvalue weighted by atomic mass is 32.2. The van der Waals surface area contributed by atoms with Crippen molar-refractivity contribution < 1.29 is 35.5 Å². The Hall–Kier alpha value is -2.99. The molecule has 36 heavy (non-hydrogen) atoms. The number of carbonyl (C=O) groups excluding carboxylic acids is 1. The molecule has 4 rings (SSSR count). The van der Waals surface area contributed by atoms with Crippen molar-refractivity contribution in [2.24, 2.45) is 0 Å². The average molecular weight is 528 g/mol. The predicted molar refractivity (Wildman–Crippen MR) is 125 cm³/mol. The van der Waals surface area contributed by atoms with Gasteiger partial charge in [-0.1, -0.05) is 12.8 Å². The number of halogens is 4. The maximum atomic E-state index is 14.6. The van der Waals surface area contributed by atoms with Gasteiger partial charge in [-0.05, 0) is 56.5 Å². The van der Waals surface area contributed by atoms with Crippen LogP contribution < -0.4 is 4.72 Å². The van der Waals surface area contributed by atoms with Crippen LogP contribution in [0.3, 0.4) is 0 Å². The Morgan fingerprint density at radius 1 is 1.22 bits per heavy atom. The number of nitrogens with zero attached hydrogens (tertiary/aromatic N) is 2. The molecule has 1 atom stereocenters. The molecule has 2 aromatic heterocycles. The molecule has 1 aromatic carbocycles. The minimum absolute atomic E-state index is 0.00900. The van der Waals surface area contributed by atoms with Gasteiger partial charge in [0.15, 0.2) is 0 Å². The van der Waals surface area contributed by atoms with Crippen LogP contribution in [0.5, 0.6) is 0 Å². The predicted octanol–water partition coefficient (Wildman–Crippen LogP) is 5.28. The summed E-state index contributed by atoms with van der Waals surface area (Å²) in [6, 6.07) is 3.06. The molecule has 1 N–H and O–H groups in total. The highest BCUT2D eigenvalue weighted by Crippen LogP contribution is 2.42. The van der Waals surface area contributed by atoms with Gasteiger partial charge < -0.3 is 9.30 Å². The zero-order valence-corrected chi connectivity index (χ0v) is 20.6. The van der Waals surface area contributed by atoms with Crippen LogP contribution in [0.4, 0.5) is 17.6 Å². The van der Waals surface area contributed by atoms with Gasteiger partial charge >= 0.3 is 12.1 Å². The lowest BCUT2D eigenvalue weighted by molar-refractivity contribution is -0.147. The number of aryl methyl sites for hydroxylation is 1. The molecule has 0 saturated heterocycles. The first kappa shape index (κ1) is 26.1. The fourth-order valence-corrected chi connectivity index (χ4v) is 5.76. The largest absolute Gasteiger partial charge is 0.465 e. The fraction of sp³-hybridized carbons (Fsp3) is 0.417. The number of esters is 1. The molecule has 1 saturated carbocycles. The normalized spacial score (nSPS) is 16.0. The number of hydrogen-bond acceptors (Lipinski definition) is 5. The monoisotopic (exact) mass is 527 g/mol.